The molecule has 0 radical (unpaired) electrons. The topological polar surface area (TPSA) is 56.1 Å². The van der Waals surface area contributed by atoms with Crippen molar-refractivity contribution in [3.8, 4) is 6.07 Å². The lowest BCUT2D eigenvalue weighted by Gasteiger charge is -2.38. The maximum absolute atomic E-state index is 11.6. The zero-order valence-corrected chi connectivity index (χ0v) is 11.2. The van der Waals surface area contributed by atoms with Gasteiger partial charge in [-0.15, -0.1) is 0 Å². The minimum atomic E-state index is -0.708. The molecule has 4 nitrogen and oxygen atoms in total. The van der Waals surface area contributed by atoms with E-state index in [1.807, 2.05) is 23.1 Å². The molecule has 17 heavy (non-hydrogen) atoms. The zero-order chi connectivity index (χ0) is 12.6. The van der Waals surface area contributed by atoms with Gasteiger partial charge in [0, 0.05) is 4.47 Å². The van der Waals surface area contributed by atoms with Crippen molar-refractivity contribution in [2.45, 2.75) is 19.4 Å². The molecule has 88 valence electrons. The minimum absolute atomic E-state index is 0.0982. The van der Waals surface area contributed by atoms with Crippen LogP contribution in [0.2, 0.25) is 0 Å². The number of nitrogens with zero attached hydrogens (tertiary/aromatic N) is 2. The van der Waals surface area contributed by atoms with Gasteiger partial charge in [-0.25, -0.2) is 0 Å². The van der Waals surface area contributed by atoms with E-state index in [1.54, 1.807) is 13.8 Å². The average molecular weight is 294 g/mol. The van der Waals surface area contributed by atoms with E-state index in [1.165, 1.54) is 0 Å². The second kappa shape index (κ2) is 4.04. The smallest absolute Gasteiger partial charge is 0.244 e. The van der Waals surface area contributed by atoms with Crippen molar-refractivity contribution in [2.24, 2.45) is 0 Å². The monoisotopic (exact) mass is 293 g/mol. The fourth-order valence-corrected chi connectivity index (χ4v) is 2.18. The molecule has 0 unspecified atom stereocenters. The van der Waals surface area contributed by atoms with Gasteiger partial charge < -0.3 is 10.2 Å². The summed E-state index contributed by atoms with van der Waals surface area (Å²) in [6.45, 7) is 3.81. The van der Waals surface area contributed by atoms with Gasteiger partial charge in [0.25, 0.3) is 0 Å². The Morgan fingerprint density at radius 3 is 2.88 bits per heavy atom. The van der Waals surface area contributed by atoms with Crippen molar-refractivity contribution in [3.63, 3.8) is 0 Å². The van der Waals surface area contributed by atoms with E-state index in [9.17, 15) is 10.1 Å². The summed E-state index contributed by atoms with van der Waals surface area (Å²) in [6, 6.07) is 7.86. The predicted molar refractivity (Wildman–Crippen MR) is 69.8 cm³/mol. The summed E-state index contributed by atoms with van der Waals surface area (Å²) in [7, 11) is 0. The highest BCUT2D eigenvalue weighted by atomic mass is 79.9. The van der Waals surface area contributed by atoms with Crippen LogP contribution >= 0.6 is 15.9 Å². The maximum Gasteiger partial charge on any atom is 0.244 e. The fourth-order valence-electron chi connectivity index (χ4n) is 1.82. The molecule has 0 saturated carbocycles. The van der Waals surface area contributed by atoms with Crippen LogP contribution in [-0.2, 0) is 4.79 Å². The van der Waals surface area contributed by atoms with Gasteiger partial charge in [-0.2, -0.15) is 5.26 Å². The number of amides is 1. The summed E-state index contributed by atoms with van der Waals surface area (Å²) in [5.74, 6) is -0.0982. The number of carbonyl (C=O) groups is 1. The molecule has 1 N–H and O–H groups in total. The number of halogens is 1. The Balaban J connectivity index is 2.53. The standard InChI is InChI=1S/C12H12BrN3O/c1-12(2,7-14)16-6-11(17)15-9-5-8(13)3-4-10(9)16/h3-5H,6H2,1-2H3,(H,15,17). The van der Waals surface area contributed by atoms with Crippen molar-refractivity contribution in [1.29, 1.82) is 5.26 Å². The van der Waals surface area contributed by atoms with Gasteiger partial charge in [0.15, 0.2) is 0 Å². The normalized spacial score (nSPS) is 14.9. The predicted octanol–water partition coefficient (Wildman–Crippen LogP) is 2.51. The first-order valence-electron chi connectivity index (χ1n) is 5.22. The third kappa shape index (κ3) is 2.13. The summed E-state index contributed by atoms with van der Waals surface area (Å²) >= 11 is 3.36. The first-order chi connectivity index (χ1) is 7.94. The summed E-state index contributed by atoms with van der Waals surface area (Å²) in [4.78, 5) is 13.4. The van der Waals surface area contributed by atoms with E-state index >= 15 is 0 Å². The number of hydrogen-bond acceptors (Lipinski definition) is 3. The van der Waals surface area contributed by atoms with Crippen molar-refractivity contribution in [2.75, 3.05) is 16.8 Å². The zero-order valence-electron chi connectivity index (χ0n) is 9.62. The van der Waals surface area contributed by atoms with Crippen LogP contribution in [0.5, 0.6) is 0 Å². The van der Waals surface area contributed by atoms with Crippen LogP contribution in [0, 0.1) is 11.3 Å². The minimum Gasteiger partial charge on any atom is -0.343 e. The molecule has 0 spiro atoms. The van der Waals surface area contributed by atoms with Crippen LogP contribution in [-0.4, -0.2) is 18.0 Å². The van der Waals surface area contributed by atoms with Gasteiger partial charge in [0.2, 0.25) is 5.91 Å². The maximum atomic E-state index is 11.6. The van der Waals surface area contributed by atoms with E-state index in [0.717, 1.165) is 15.8 Å². The Bertz CT molecular complexity index is 519. The molecule has 0 fully saturated rings. The van der Waals surface area contributed by atoms with E-state index in [-0.39, 0.29) is 12.5 Å². The molecule has 1 amide bonds. The van der Waals surface area contributed by atoms with Crippen LogP contribution in [0.25, 0.3) is 0 Å². The van der Waals surface area contributed by atoms with Crippen LogP contribution in [0.3, 0.4) is 0 Å². The Morgan fingerprint density at radius 1 is 1.53 bits per heavy atom. The Kier molecular flexibility index (Phi) is 2.84. The molecule has 1 heterocycles. The highest BCUT2D eigenvalue weighted by molar-refractivity contribution is 9.10. The van der Waals surface area contributed by atoms with Crippen LogP contribution in [0.1, 0.15) is 13.8 Å². The van der Waals surface area contributed by atoms with Crippen molar-refractivity contribution >= 4 is 33.2 Å². The lowest BCUT2D eigenvalue weighted by atomic mass is 10.0. The molecule has 0 saturated heterocycles. The lowest BCUT2D eigenvalue weighted by Crippen LogP contribution is -2.49. The van der Waals surface area contributed by atoms with Gasteiger partial charge in [0.1, 0.15) is 5.54 Å². The third-order valence-electron chi connectivity index (χ3n) is 2.77. The number of nitrogens with one attached hydrogen (secondary N) is 1. The number of fused-ring (bicyclic) bond motifs is 1. The van der Waals surface area contributed by atoms with Gasteiger partial charge in [-0.05, 0) is 32.0 Å². The Hall–Kier alpha value is -1.54. The molecular formula is C12H12BrN3O. The quantitative estimate of drug-likeness (QED) is 0.866. The number of benzene rings is 1. The molecule has 1 aromatic rings. The highest BCUT2D eigenvalue weighted by Gasteiger charge is 2.33. The lowest BCUT2D eigenvalue weighted by molar-refractivity contribution is -0.115. The van der Waals surface area contributed by atoms with E-state index < -0.39 is 5.54 Å². The molecule has 1 aliphatic rings. The SMILES string of the molecule is CC(C)(C#N)N1CC(=O)Nc2cc(Br)ccc21. The summed E-state index contributed by atoms with van der Waals surface area (Å²) < 4.78 is 0.896. The number of carbonyl (C=O) groups excluding carboxylic acids is 1. The van der Waals surface area contributed by atoms with E-state index in [4.69, 9.17) is 0 Å². The highest BCUT2D eigenvalue weighted by Crippen LogP contribution is 2.35. The molecule has 0 bridgehead atoms. The molecular weight excluding hydrogens is 282 g/mol. The summed E-state index contributed by atoms with van der Waals surface area (Å²) in [5.41, 5.74) is 0.902. The number of anilines is 2. The third-order valence-corrected chi connectivity index (χ3v) is 3.27. The first kappa shape index (κ1) is 11.9. The van der Waals surface area contributed by atoms with Crippen molar-refractivity contribution in [1.82, 2.24) is 0 Å². The molecule has 5 heteroatoms. The van der Waals surface area contributed by atoms with Gasteiger partial charge in [0.05, 0.1) is 24.0 Å². The van der Waals surface area contributed by atoms with E-state index in [2.05, 4.69) is 27.3 Å². The van der Waals surface area contributed by atoms with Gasteiger partial charge in [-0.3, -0.25) is 4.79 Å². The summed E-state index contributed by atoms with van der Waals surface area (Å²) in [5, 5.41) is 12.0. The van der Waals surface area contributed by atoms with E-state index in [0.29, 0.717) is 0 Å². The molecule has 2 rings (SSSR count). The van der Waals surface area contributed by atoms with Crippen molar-refractivity contribution in [3.05, 3.63) is 22.7 Å². The van der Waals surface area contributed by atoms with Gasteiger partial charge in [-0.1, -0.05) is 15.9 Å². The van der Waals surface area contributed by atoms with Crippen LogP contribution in [0.4, 0.5) is 11.4 Å². The van der Waals surface area contributed by atoms with Crippen molar-refractivity contribution < 1.29 is 4.79 Å². The molecule has 1 aliphatic heterocycles. The fraction of sp³-hybridized carbons (Fsp3) is 0.333. The molecule has 0 aromatic heterocycles. The number of nitriles is 1. The number of hydrogen-bond donors (Lipinski definition) is 1. The second-order valence-corrected chi connectivity index (χ2v) is 5.38. The van der Waals surface area contributed by atoms with Gasteiger partial charge >= 0.3 is 0 Å². The molecule has 0 atom stereocenters. The largest absolute Gasteiger partial charge is 0.343 e. The number of rotatable bonds is 1. The first-order valence-corrected chi connectivity index (χ1v) is 6.01. The molecule has 1 aromatic carbocycles. The van der Waals surface area contributed by atoms with Crippen LogP contribution < -0.4 is 10.2 Å². The summed E-state index contributed by atoms with van der Waals surface area (Å²) in [6.07, 6.45) is 0. The second-order valence-electron chi connectivity index (χ2n) is 4.47. The Morgan fingerprint density at radius 2 is 2.24 bits per heavy atom. The van der Waals surface area contributed by atoms with Crippen LogP contribution in [0.15, 0.2) is 22.7 Å². The Labute approximate surface area is 108 Å². The molecule has 0 aliphatic carbocycles. The average Bonchev–Trinajstić information content (AvgIpc) is 2.27.